The molecule has 0 aromatic carbocycles. The molecule has 14 nitrogen and oxygen atoms in total. The van der Waals surface area contributed by atoms with Gasteiger partial charge in [-0.3, -0.25) is 9.59 Å². The van der Waals surface area contributed by atoms with E-state index in [0.29, 0.717) is 0 Å². The highest BCUT2D eigenvalue weighted by Gasteiger charge is 2.52. The van der Waals surface area contributed by atoms with Gasteiger partial charge in [-0.05, 0) is 31.6 Å². The SMILES string of the molecule is COC1C(C)[C@H](O[C@@H]2C(COC(C)=O)O[C@H](OC)C(C)[C@H]2C)O[C@@H](C)[C@H]1O[C@H]1O[C@@H](COC(C)=O)[C@@H](O[C@@H]2OC(C)[C@@H](O)[C@H](C)C2C)C(C)C1C. The lowest BCUT2D eigenvalue weighted by Gasteiger charge is -2.51. The molecule has 4 aliphatic rings. The Hall–Kier alpha value is -1.46. The van der Waals surface area contributed by atoms with E-state index in [0.717, 1.165) is 0 Å². The van der Waals surface area contributed by atoms with Crippen LogP contribution in [-0.2, 0) is 61.7 Å². The fourth-order valence-electron chi connectivity index (χ4n) is 7.88. The summed E-state index contributed by atoms with van der Waals surface area (Å²) >= 11 is 0. The van der Waals surface area contributed by atoms with Gasteiger partial charge < -0.3 is 57.2 Å². The number of carbonyl (C=O) groups excluding carboxylic acids is 2. The van der Waals surface area contributed by atoms with Crippen LogP contribution < -0.4 is 0 Å². The van der Waals surface area contributed by atoms with E-state index in [1.165, 1.54) is 13.8 Å². The van der Waals surface area contributed by atoms with Crippen LogP contribution in [0, 0.1) is 41.4 Å². The van der Waals surface area contributed by atoms with Crippen LogP contribution in [0.5, 0.6) is 0 Å². The lowest BCUT2D eigenvalue weighted by Crippen LogP contribution is -2.61. The van der Waals surface area contributed by atoms with Crippen molar-refractivity contribution in [2.24, 2.45) is 41.4 Å². The summed E-state index contributed by atoms with van der Waals surface area (Å²) in [6, 6.07) is 0. The predicted octanol–water partition coefficient (Wildman–Crippen LogP) is 3.68. The molecule has 0 aromatic heterocycles. The second-order valence-corrected chi connectivity index (χ2v) is 15.4. The number of ether oxygens (including phenoxy) is 11. The van der Waals surface area contributed by atoms with E-state index in [1.807, 2.05) is 48.5 Å². The van der Waals surface area contributed by atoms with Crippen molar-refractivity contribution in [2.45, 2.75) is 156 Å². The van der Waals surface area contributed by atoms with Gasteiger partial charge in [0.1, 0.15) is 31.5 Å². The second-order valence-electron chi connectivity index (χ2n) is 15.4. The van der Waals surface area contributed by atoms with Gasteiger partial charge in [0.15, 0.2) is 25.2 Å². The van der Waals surface area contributed by atoms with Gasteiger partial charge in [0.25, 0.3) is 0 Å². The molecule has 4 aliphatic heterocycles. The molecule has 0 bridgehead atoms. The molecular formula is C37H64O14. The summed E-state index contributed by atoms with van der Waals surface area (Å²) < 4.78 is 67.9. The summed E-state index contributed by atoms with van der Waals surface area (Å²) in [5.41, 5.74) is 0. The largest absolute Gasteiger partial charge is 0.463 e. The Morgan fingerprint density at radius 1 is 0.490 bits per heavy atom. The molecule has 4 rings (SSSR count). The van der Waals surface area contributed by atoms with Crippen LogP contribution >= 0.6 is 0 Å². The van der Waals surface area contributed by atoms with Gasteiger partial charge in [0.05, 0.1) is 36.6 Å². The van der Waals surface area contributed by atoms with E-state index < -0.39 is 92.0 Å². The molecule has 4 saturated heterocycles. The summed E-state index contributed by atoms with van der Waals surface area (Å²) in [5.74, 6) is -1.46. The van der Waals surface area contributed by atoms with Gasteiger partial charge in [-0.2, -0.15) is 0 Å². The molecule has 0 aromatic rings. The molecule has 296 valence electrons. The van der Waals surface area contributed by atoms with Crippen molar-refractivity contribution >= 4 is 11.9 Å². The van der Waals surface area contributed by atoms with E-state index >= 15 is 0 Å². The second kappa shape index (κ2) is 18.2. The third kappa shape index (κ3) is 9.62. The summed E-state index contributed by atoms with van der Waals surface area (Å²) in [5, 5.41) is 10.6. The summed E-state index contributed by atoms with van der Waals surface area (Å²) in [4.78, 5) is 23.6. The third-order valence-corrected chi connectivity index (χ3v) is 11.9. The lowest BCUT2D eigenvalue weighted by atomic mass is 9.83. The van der Waals surface area contributed by atoms with Crippen LogP contribution in [-0.4, -0.2) is 125 Å². The van der Waals surface area contributed by atoms with Crippen LogP contribution in [0.2, 0.25) is 0 Å². The maximum Gasteiger partial charge on any atom is 0.302 e. The maximum absolute atomic E-state index is 11.9. The zero-order valence-electron chi connectivity index (χ0n) is 32.7. The normalized spacial score (nSPS) is 47.8. The van der Waals surface area contributed by atoms with Crippen LogP contribution in [0.3, 0.4) is 0 Å². The Kier molecular flexibility index (Phi) is 15.1. The molecule has 0 saturated carbocycles. The molecule has 20 atom stereocenters. The van der Waals surface area contributed by atoms with Gasteiger partial charge in [-0.1, -0.05) is 48.5 Å². The number of hydrogen-bond acceptors (Lipinski definition) is 14. The minimum atomic E-state index is -0.699. The molecule has 4 fully saturated rings. The van der Waals surface area contributed by atoms with Crippen LogP contribution in [0.4, 0.5) is 0 Å². The monoisotopic (exact) mass is 732 g/mol. The first kappa shape index (κ1) is 42.3. The first-order valence-electron chi connectivity index (χ1n) is 18.6. The minimum absolute atomic E-state index is 0.00476. The molecule has 0 spiro atoms. The van der Waals surface area contributed by atoms with Crippen LogP contribution in [0.1, 0.15) is 76.2 Å². The maximum atomic E-state index is 11.9. The highest BCUT2D eigenvalue weighted by Crippen LogP contribution is 2.42. The molecule has 0 radical (unpaired) electrons. The van der Waals surface area contributed by atoms with Gasteiger partial charge >= 0.3 is 11.9 Å². The number of methoxy groups -OCH3 is 2. The summed E-state index contributed by atoms with van der Waals surface area (Å²) in [6.45, 7) is 20.7. The Morgan fingerprint density at radius 2 is 0.902 bits per heavy atom. The van der Waals surface area contributed by atoms with Crippen LogP contribution in [0.15, 0.2) is 0 Å². The Balaban J connectivity index is 1.49. The van der Waals surface area contributed by atoms with Crippen molar-refractivity contribution in [1.82, 2.24) is 0 Å². The van der Waals surface area contributed by atoms with E-state index in [1.54, 1.807) is 14.2 Å². The number of aliphatic hydroxyl groups excluding tert-OH is 1. The molecule has 8 unspecified atom stereocenters. The minimum Gasteiger partial charge on any atom is -0.463 e. The highest BCUT2D eigenvalue weighted by molar-refractivity contribution is 5.66. The van der Waals surface area contributed by atoms with Gasteiger partial charge in [0.2, 0.25) is 0 Å². The van der Waals surface area contributed by atoms with Crippen molar-refractivity contribution in [3.63, 3.8) is 0 Å². The van der Waals surface area contributed by atoms with E-state index in [9.17, 15) is 14.7 Å². The lowest BCUT2D eigenvalue weighted by molar-refractivity contribution is -0.365. The standard InChI is InChI=1S/C37H64O14/c1-16-19(4)35(45-23(8)29(16)40)49-31-18(3)21(6)36(48-28(31)15-44-26(11)39)51-33-24(9)46-37(22(7)32(33)41-12)50-30-17(2)20(5)34(42-13)47-27(30)14-43-25(10)38/h16-24,27-37,40H,14-15H2,1-13H3/t16-,17-,18?,19?,20?,21?,22?,23?,24+,27?,28+,29+,30+,31+,32?,33-,34+,35+,36-,37+/m1/s1. The Morgan fingerprint density at radius 3 is 1.39 bits per heavy atom. The predicted molar refractivity (Wildman–Crippen MR) is 182 cm³/mol. The van der Waals surface area contributed by atoms with Gasteiger partial charge in [-0.25, -0.2) is 0 Å². The quantitative estimate of drug-likeness (QED) is 0.290. The average molecular weight is 733 g/mol. The molecule has 14 heteroatoms. The van der Waals surface area contributed by atoms with Gasteiger partial charge in [0, 0.05) is 51.7 Å². The number of aliphatic hydroxyl groups is 1. The number of esters is 2. The zero-order chi connectivity index (χ0) is 37.9. The molecular weight excluding hydrogens is 668 g/mol. The van der Waals surface area contributed by atoms with Crippen molar-refractivity contribution in [3.8, 4) is 0 Å². The number of rotatable bonds is 12. The van der Waals surface area contributed by atoms with Gasteiger partial charge in [-0.15, -0.1) is 0 Å². The smallest absolute Gasteiger partial charge is 0.302 e. The Labute approximate surface area is 303 Å². The first-order valence-corrected chi connectivity index (χ1v) is 18.6. The van der Waals surface area contributed by atoms with Crippen molar-refractivity contribution < 1.29 is 66.8 Å². The molecule has 1 N–H and O–H groups in total. The van der Waals surface area contributed by atoms with Crippen LogP contribution in [0.25, 0.3) is 0 Å². The Bertz CT molecular complexity index is 1120. The topological polar surface area (TPSA) is 156 Å². The summed E-state index contributed by atoms with van der Waals surface area (Å²) in [7, 11) is 3.23. The van der Waals surface area contributed by atoms with Crippen molar-refractivity contribution in [1.29, 1.82) is 0 Å². The third-order valence-electron chi connectivity index (χ3n) is 11.9. The molecule has 0 amide bonds. The number of carbonyl (C=O) groups is 2. The molecule has 51 heavy (non-hydrogen) atoms. The van der Waals surface area contributed by atoms with E-state index in [4.69, 9.17) is 52.1 Å². The summed E-state index contributed by atoms with van der Waals surface area (Å²) in [6.07, 6.45) is -6.98. The first-order chi connectivity index (χ1) is 24.0. The van der Waals surface area contributed by atoms with E-state index in [2.05, 4.69) is 13.8 Å². The van der Waals surface area contributed by atoms with Crippen molar-refractivity contribution in [3.05, 3.63) is 0 Å². The fraction of sp³-hybridized carbons (Fsp3) is 0.946. The zero-order valence-corrected chi connectivity index (χ0v) is 32.7. The fourth-order valence-corrected chi connectivity index (χ4v) is 7.88. The van der Waals surface area contributed by atoms with E-state index in [-0.39, 0.29) is 54.6 Å². The highest BCUT2D eigenvalue weighted by atomic mass is 16.8. The average Bonchev–Trinajstić information content (AvgIpc) is 3.08. The van der Waals surface area contributed by atoms with Crippen molar-refractivity contribution in [2.75, 3.05) is 27.4 Å². The molecule has 0 aliphatic carbocycles. The molecule has 4 heterocycles. The number of hydrogen-bond donors (Lipinski definition) is 1.